The Labute approximate surface area is 157 Å². The number of hydrogen-bond acceptors (Lipinski definition) is 4. The molecule has 2 aromatic carbocycles. The summed E-state index contributed by atoms with van der Waals surface area (Å²) in [6.07, 6.45) is 0. The third kappa shape index (κ3) is 3.68. The van der Waals surface area contributed by atoms with Gasteiger partial charge in [-0.15, -0.1) is 0 Å². The third-order valence-corrected chi connectivity index (χ3v) is 5.87. The van der Waals surface area contributed by atoms with E-state index < -0.39 is 10.0 Å². The molecule has 0 unspecified atom stereocenters. The quantitative estimate of drug-likeness (QED) is 0.683. The maximum absolute atomic E-state index is 12.9. The topological polar surface area (TPSA) is 76.0 Å². The minimum absolute atomic E-state index is 0.196. The second-order valence-corrected chi connectivity index (χ2v) is 7.96. The van der Waals surface area contributed by atoms with Crippen LogP contribution in [0.4, 0.5) is 17.1 Å². The van der Waals surface area contributed by atoms with Gasteiger partial charge < -0.3 is 5.32 Å². The molecule has 136 valence electrons. The highest BCUT2D eigenvalue weighted by Crippen LogP contribution is 2.29. The summed E-state index contributed by atoms with van der Waals surface area (Å²) in [5.74, 6) is 0. The van der Waals surface area contributed by atoms with Crippen LogP contribution in [0.25, 0.3) is 0 Å². The molecule has 26 heavy (non-hydrogen) atoms. The molecular weight excluding hydrogens is 372 g/mol. The van der Waals surface area contributed by atoms with Gasteiger partial charge in [0.05, 0.1) is 22.8 Å². The largest absolute Gasteiger partial charge is 0.354 e. The van der Waals surface area contributed by atoms with Gasteiger partial charge in [0.2, 0.25) is 0 Å². The molecule has 2 N–H and O–H groups in total. The summed E-state index contributed by atoms with van der Waals surface area (Å²) in [6, 6.07) is 14.3. The average molecular weight is 391 g/mol. The van der Waals surface area contributed by atoms with Crippen LogP contribution in [0.5, 0.6) is 0 Å². The van der Waals surface area contributed by atoms with Crippen molar-refractivity contribution in [3.8, 4) is 0 Å². The number of halogens is 1. The smallest absolute Gasteiger partial charge is 0.265 e. The Bertz CT molecular complexity index is 1040. The highest BCUT2D eigenvalue weighted by atomic mass is 35.5. The molecule has 1 heterocycles. The van der Waals surface area contributed by atoms with Gasteiger partial charge in [-0.3, -0.25) is 9.40 Å². The molecule has 0 aliphatic heterocycles. The third-order valence-electron chi connectivity index (χ3n) is 4.01. The number of hydrogen-bond donors (Lipinski definition) is 2. The summed E-state index contributed by atoms with van der Waals surface area (Å²) in [6.45, 7) is 3.41. The lowest BCUT2D eigenvalue weighted by atomic mass is 10.2. The van der Waals surface area contributed by atoms with Crippen molar-refractivity contribution < 1.29 is 8.42 Å². The lowest BCUT2D eigenvalue weighted by molar-refractivity contribution is 0.599. The highest BCUT2D eigenvalue weighted by Gasteiger charge is 2.24. The van der Waals surface area contributed by atoms with E-state index in [2.05, 4.69) is 15.1 Å². The molecule has 0 fully saturated rings. The van der Waals surface area contributed by atoms with Crippen molar-refractivity contribution >= 4 is 38.7 Å². The molecule has 0 atom stereocenters. The molecule has 0 amide bonds. The Morgan fingerprint density at radius 1 is 1.00 bits per heavy atom. The first-order chi connectivity index (χ1) is 12.3. The standard InChI is InChI=1S/C18H19ClN4O2S/c1-12-18(13(2)23(3)21-12)26(24,25)22-17-7-5-4-6-16(17)20-15-10-8-14(19)9-11-15/h4-11,20,22H,1-3H3. The van der Waals surface area contributed by atoms with E-state index in [1.54, 1.807) is 55.9 Å². The lowest BCUT2D eigenvalue weighted by Gasteiger charge is -2.14. The number of anilines is 3. The first kappa shape index (κ1) is 18.3. The number of rotatable bonds is 5. The van der Waals surface area contributed by atoms with Gasteiger partial charge in [-0.1, -0.05) is 23.7 Å². The van der Waals surface area contributed by atoms with Crippen LogP contribution in [-0.2, 0) is 17.1 Å². The Hall–Kier alpha value is -2.51. The van der Waals surface area contributed by atoms with E-state index in [1.807, 2.05) is 18.2 Å². The van der Waals surface area contributed by atoms with Crippen LogP contribution in [0, 0.1) is 13.8 Å². The van der Waals surface area contributed by atoms with Crippen LogP contribution in [0.3, 0.4) is 0 Å². The Morgan fingerprint density at radius 2 is 1.62 bits per heavy atom. The molecule has 3 rings (SSSR count). The van der Waals surface area contributed by atoms with Crippen LogP contribution in [-0.4, -0.2) is 18.2 Å². The zero-order valence-electron chi connectivity index (χ0n) is 14.6. The van der Waals surface area contributed by atoms with Crippen LogP contribution in [0.2, 0.25) is 5.02 Å². The molecule has 0 aliphatic carbocycles. The summed E-state index contributed by atoms with van der Waals surface area (Å²) in [5, 5.41) is 8.02. The van der Waals surface area contributed by atoms with Crippen LogP contribution < -0.4 is 10.0 Å². The number of para-hydroxylation sites is 2. The maximum atomic E-state index is 12.9. The maximum Gasteiger partial charge on any atom is 0.265 e. The lowest BCUT2D eigenvalue weighted by Crippen LogP contribution is -2.15. The van der Waals surface area contributed by atoms with Gasteiger partial charge in [-0.05, 0) is 50.2 Å². The number of sulfonamides is 1. The SMILES string of the molecule is Cc1nn(C)c(C)c1S(=O)(=O)Nc1ccccc1Nc1ccc(Cl)cc1. The fourth-order valence-corrected chi connectivity index (χ4v) is 4.36. The van der Waals surface area contributed by atoms with Crippen molar-refractivity contribution in [3.05, 3.63) is 64.9 Å². The van der Waals surface area contributed by atoms with Crippen molar-refractivity contribution in [2.24, 2.45) is 7.05 Å². The van der Waals surface area contributed by atoms with E-state index >= 15 is 0 Å². The minimum Gasteiger partial charge on any atom is -0.354 e. The number of nitrogens with zero attached hydrogens (tertiary/aromatic N) is 2. The molecular formula is C18H19ClN4O2S. The Kier molecular flexibility index (Phi) is 4.93. The van der Waals surface area contributed by atoms with Gasteiger partial charge in [0.1, 0.15) is 4.90 Å². The molecule has 0 radical (unpaired) electrons. The zero-order chi connectivity index (χ0) is 18.9. The fraction of sp³-hybridized carbons (Fsp3) is 0.167. The molecule has 0 spiro atoms. The first-order valence-corrected chi connectivity index (χ1v) is 9.78. The van der Waals surface area contributed by atoms with E-state index in [0.29, 0.717) is 27.8 Å². The van der Waals surface area contributed by atoms with E-state index in [0.717, 1.165) is 5.69 Å². The molecule has 6 nitrogen and oxygen atoms in total. The molecule has 0 saturated carbocycles. The molecule has 0 saturated heterocycles. The van der Waals surface area contributed by atoms with Gasteiger partial charge in [0.25, 0.3) is 10.0 Å². The van der Waals surface area contributed by atoms with Crippen molar-refractivity contribution in [2.45, 2.75) is 18.7 Å². The predicted octanol–water partition coefficient (Wildman–Crippen LogP) is 4.23. The molecule has 1 aromatic heterocycles. The summed E-state index contributed by atoms with van der Waals surface area (Å²) in [4.78, 5) is 0.196. The summed E-state index contributed by atoms with van der Waals surface area (Å²) < 4.78 is 30.0. The van der Waals surface area contributed by atoms with Crippen LogP contribution >= 0.6 is 11.6 Å². The normalized spacial score (nSPS) is 11.4. The van der Waals surface area contributed by atoms with Gasteiger partial charge in [0.15, 0.2) is 0 Å². The van der Waals surface area contributed by atoms with Crippen LogP contribution in [0.15, 0.2) is 53.4 Å². The van der Waals surface area contributed by atoms with Gasteiger partial charge >= 0.3 is 0 Å². The Morgan fingerprint density at radius 3 is 2.19 bits per heavy atom. The second-order valence-electron chi connectivity index (χ2n) is 5.91. The van der Waals surface area contributed by atoms with Crippen molar-refractivity contribution in [1.82, 2.24) is 9.78 Å². The van der Waals surface area contributed by atoms with Gasteiger partial charge in [-0.2, -0.15) is 5.10 Å². The highest BCUT2D eigenvalue weighted by molar-refractivity contribution is 7.92. The van der Waals surface area contributed by atoms with Crippen molar-refractivity contribution in [2.75, 3.05) is 10.0 Å². The number of benzene rings is 2. The summed E-state index contributed by atoms with van der Waals surface area (Å²) in [7, 11) is -2.05. The summed E-state index contributed by atoms with van der Waals surface area (Å²) >= 11 is 5.91. The fourth-order valence-electron chi connectivity index (χ4n) is 2.71. The number of nitrogens with one attached hydrogen (secondary N) is 2. The average Bonchev–Trinajstić information content (AvgIpc) is 2.84. The van der Waals surface area contributed by atoms with Gasteiger partial charge in [0, 0.05) is 17.8 Å². The first-order valence-electron chi connectivity index (χ1n) is 7.92. The second kappa shape index (κ2) is 7.01. The van der Waals surface area contributed by atoms with Crippen molar-refractivity contribution in [3.63, 3.8) is 0 Å². The van der Waals surface area contributed by atoms with E-state index in [-0.39, 0.29) is 4.90 Å². The molecule has 8 heteroatoms. The molecule has 0 bridgehead atoms. The van der Waals surface area contributed by atoms with Crippen molar-refractivity contribution in [1.29, 1.82) is 0 Å². The van der Waals surface area contributed by atoms with E-state index in [9.17, 15) is 8.42 Å². The molecule has 3 aromatic rings. The zero-order valence-corrected chi connectivity index (χ0v) is 16.2. The van der Waals surface area contributed by atoms with E-state index in [4.69, 9.17) is 11.6 Å². The predicted molar refractivity (Wildman–Crippen MR) is 105 cm³/mol. The monoisotopic (exact) mass is 390 g/mol. The van der Waals surface area contributed by atoms with E-state index in [1.165, 1.54) is 0 Å². The Balaban J connectivity index is 1.94. The minimum atomic E-state index is -3.77. The number of aromatic nitrogens is 2. The van der Waals surface area contributed by atoms with Crippen LogP contribution in [0.1, 0.15) is 11.4 Å². The summed E-state index contributed by atoms with van der Waals surface area (Å²) in [5.41, 5.74) is 2.93. The molecule has 0 aliphatic rings. The van der Waals surface area contributed by atoms with Gasteiger partial charge in [-0.25, -0.2) is 8.42 Å². The number of aryl methyl sites for hydroxylation is 2.